The van der Waals surface area contributed by atoms with E-state index in [-0.39, 0.29) is 12.6 Å². The number of carbonyl (C=O) groups is 1. The number of aromatic nitrogens is 2. The molecule has 0 radical (unpaired) electrons. The first kappa shape index (κ1) is 17.4. The number of ether oxygens (including phenoxy) is 2. The van der Waals surface area contributed by atoms with E-state index in [0.29, 0.717) is 12.2 Å². The van der Waals surface area contributed by atoms with Crippen LogP contribution in [-0.4, -0.2) is 60.0 Å². The van der Waals surface area contributed by atoms with Gasteiger partial charge in [-0.25, -0.2) is 4.68 Å². The first-order valence-corrected chi connectivity index (χ1v) is 8.52. The molecule has 1 fully saturated rings. The van der Waals surface area contributed by atoms with Crippen LogP contribution >= 0.6 is 0 Å². The van der Waals surface area contributed by atoms with Crippen molar-refractivity contribution in [3.63, 3.8) is 0 Å². The Morgan fingerprint density at radius 1 is 1.28 bits per heavy atom. The number of rotatable bonds is 7. The highest BCUT2D eigenvalue weighted by Gasteiger charge is 2.12. The van der Waals surface area contributed by atoms with E-state index in [1.165, 1.54) is 0 Å². The van der Waals surface area contributed by atoms with Gasteiger partial charge in [-0.15, -0.1) is 0 Å². The van der Waals surface area contributed by atoms with Gasteiger partial charge in [0.15, 0.2) is 6.73 Å². The summed E-state index contributed by atoms with van der Waals surface area (Å²) in [7, 11) is 0. The molecular formula is C18H24N4O3. The smallest absolute Gasteiger partial charge is 0.271 e. The maximum absolute atomic E-state index is 12.2. The Morgan fingerprint density at radius 2 is 2.08 bits per heavy atom. The maximum atomic E-state index is 12.2. The van der Waals surface area contributed by atoms with Gasteiger partial charge >= 0.3 is 0 Å². The van der Waals surface area contributed by atoms with Crippen molar-refractivity contribution in [2.24, 2.45) is 0 Å². The van der Waals surface area contributed by atoms with Gasteiger partial charge in [0.1, 0.15) is 11.4 Å². The van der Waals surface area contributed by atoms with Crippen LogP contribution in [0, 0.1) is 6.92 Å². The highest BCUT2D eigenvalue weighted by molar-refractivity contribution is 5.92. The molecule has 0 aliphatic carbocycles. The number of para-hydroxylation sites is 1. The first-order valence-electron chi connectivity index (χ1n) is 8.52. The zero-order chi connectivity index (χ0) is 17.5. The predicted molar refractivity (Wildman–Crippen MR) is 93.6 cm³/mol. The standard InChI is InChI=1S/C18H24N4O3/c1-15-4-2-3-5-17(15)25-14-22-8-6-16(20-22)18(23)19-7-9-21-10-12-24-13-11-21/h2-6,8H,7,9-14H2,1H3,(H,19,23). The second-order valence-corrected chi connectivity index (χ2v) is 5.99. The number of amides is 1. The highest BCUT2D eigenvalue weighted by Crippen LogP contribution is 2.16. The summed E-state index contributed by atoms with van der Waals surface area (Å²) < 4.78 is 12.6. The third kappa shape index (κ3) is 5.04. The molecule has 1 aromatic carbocycles. The molecule has 2 heterocycles. The van der Waals surface area contributed by atoms with Crippen LogP contribution < -0.4 is 10.1 Å². The topological polar surface area (TPSA) is 68.6 Å². The number of hydrogen-bond acceptors (Lipinski definition) is 5. The van der Waals surface area contributed by atoms with Crippen LogP contribution in [0.2, 0.25) is 0 Å². The molecule has 1 aliphatic rings. The fraction of sp³-hybridized carbons (Fsp3) is 0.444. The molecule has 1 N–H and O–H groups in total. The lowest BCUT2D eigenvalue weighted by molar-refractivity contribution is 0.0383. The summed E-state index contributed by atoms with van der Waals surface area (Å²) in [5, 5.41) is 7.17. The third-order valence-corrected chi connectivity index (χ3v) is 4.14. The molecule has 25 heavy (non-hydrogen) atoms. The molecule has 0 atom stereocenters. The molecule has 1 saturated heterocycles. The Bertz CT molecular complexity index is 695. The maximum Gasteiger partial charge on any atom is 0.271 e. The molecule has 3 rings (SSSR count). The molecule has 2 aromatic rings. The number of hydrogen-bond donors (Lipinski definition) is 1. The van der Waals surface area contributed by atoms with Gasteiger partial charge < -0.3 is 14.8 Å². The van der Waals surface area contributed by atoms with Crippen molar-refractivity contribution in [3.05, 3.63) is 47.8 Å². The number of nitrogens with one attached hydrogen (secondary N) is 1. The average Bonchev–Trinajstić information content (AvgIpc) is 3.11. The summed E-state index contributed by atoms with van der Waals surface area (Å²) >= 11 is 0. The van der Waals surface area contributed by atoms with Crippen LogP contribution in [0.3, 0.4) is 0 Å². The average molecular weight is 344 g/mol. The molecule has 1 aromatic heterocycles. The molecule has 134 valence electrons. The fourth-order valence-corrected chi connectivity index (χ4v) is 2.65. The summed E-state index contributed by atoms with van der Waals surface area (Å²) in [5.74, 6) is 0.650. The monoisotopic (exact) mass is 344 g/mol. The second-order valence-electron chi connectivity index (χ2n) is 5.99. The lowest BCUT2D eigenvalue weighted by Gasteiger charge is -2.26. The Morgan fingerprint density at radius 3 is 2.88 bits per heavy atom. The van der Waals surface area contributed by atoms with Crippen molar-refractivity contribution in [3.8, 4) is 5.75 Å². The van der Waals surface area contributed by atoms with Crippen molar-refractivity contribution in [1.82, 2.24) is 20.0 Å². The fourth-order valence-electron chi connectivity index (χ4n) is 2.65. The minimum absolute atomic E-state index is 0.164. The molecule has 1 amide bonds. The zero-order valence-corrected chi connectivity index (χ0v) is 14.5. The molecule has 7 heteroatoms. The van der Waals surface area contributed by atoms with Crippen LogP contribution in [-0.2, 0) is 11.5 Å². The lowest BCUT2D eigenvalue weighted by atomic mass is 10.2. The minimum atomic E-state index is -0.164. The van der Waals surface area contributed by atoms with Crippen LogP contribution in [0.1, 0.15) is 16.1 Å². The third-order valence-electron chi connectivity index (χ3n) is 4.14. The van der Waals surface area contributed by atoms with Crippen LogP contribution in [0.4, 0.5) is 0 Å². The quantitative estimate of drug-likeness (QED) is 0.820. The summed E-state index contributed by atoms with van der Waals surface area (Å²) in [6.07, 6.45) is 1.75. The Kier molecular flexibility index (Phi) is 6.03. The summed E-state index contributed by atoms with van der Waals surface area (Å²) in [6, 6.07) is 9.50. The molecule has 1 aliphatic heterocycles. The van der Waals surface area contributed by atoms with Crippen molar-refractivity contribution in [1.29, 1.82) is 0 Å². The van der Waals surface area contributed by atoms with Crippen molar-refractivity contribution < 1.29 is 14.3 Å². The van der Waals surface area contributed by atoms with Gasteiger partial charge in [-0.3, -0.25) is 9.69 Å². The van der Waals surface area contributed by atoms with E-state index in [4.69, 9.17) is 9.47 Å². The van der Waals surface area contributed by atoms with E-state index in [1.807, 2.05) is 31.2 Å². The SMILES string of the molecule is Cc1ccccc1OCn1ccc(C(=O)NCCN2CCOCC2)n1. The molecule has 0 unspecified atom stereocenters. The number of aryl methyl sites for hydroxylation is 1. The number of benzene rings is 1. The highest BCUT2D eigenvalue weighted by atomic mass is 16.5. The Hall–Kier alpha value is -2.38. The second kappa shape index (κ2) is 8.64. The largest absolute Gasteiger partial charge is 0.471 e. The molecular weight excluding hydrogens is 320 g/mol. The van der Waals surface area contributed by atoms with Gasteiger partial charge in [0.05, 0.1) is 13.2 Å². The zero-order valence-electron chi connectivity index (χ0n) is 14.5. The van der Waals surface area contributed by atoms with Crippen molar-refractivity contribution >= 4 is 5.91 Å². The Balaban J connectivity index is 1.44. The van der Waals surface area contributed by atoms with Gasteiger partial charge in [-0.1, -0.05) is 18.2 Å². The Labute approximate surface area is 147 Å². The molecule has 0 saturated carbocycles. The van der Waals surface area contributed by atoms with Gasteiger partial charge in [-0.2, -0.15) is 5.10 Å². The van der Waals surface area contributed by atoms with Crippen LogP contribution in [0.5, 0.6) is 5.75 Å². The van der Waals surface area contributed by atoms with E-state index in [0.717, 1.165) is 44.2 Å². The van der Waals surface area contributed by atoms with E-state index < -0.39 is 0 Å². The normalized spacial score (nSPS) is 15.1. The van der Waals surface area contributed by atoms with Gasteiger partial charge in [0.2, 0.25) is 0 Å². The van der Waals surface area contributed by atoms with Crippen molar-refractivity contribution in [2.45, 2.75) is 13.7 Å². The van der Waals surface area contributed by atoms with Gasteiger partial charge in [0, 0.05) is 32.4 Å². The summed E-state index contributed by atoms with van der Waals surface area (Å²) in [6.45, 7) is 7.05. The number of nitrogens with zero attached hydrogens (tertiary/aromatic N) is 3. The van der Waals surface area contributed by atoms with E-state index >= 15 is 0 Å². The number of morpholine rings is 1. The first-order chi connectivity index (χ1) is 12.2. The molecule has 7 nitrogen and oxygen atoms in total. The molecule has 0 spiro atoms. The van der Waals surface area contributed by atoms with Gasteiger partial charge in [-0.05, 0) is 24.6 Å². The van der Waals surface area contributed by atoms with Crippen LogP contribution in [0.25, 0.3) is 0 Å². The molecule has 0 bridgehead atoms. The van der Waals surface area contributed by atoms with E-state index in [2.05, 4.69) is 15.3 Å². The predicted octanol–water partition coefficient (Wildman–Crippen LogP) is 1.29. The number of carbonyl (C=O) groups excluding carboxylic acids is 1. The van der Waals surface area contributed by atoms with Gasteiger partial charge in [0.25, 0.3) is 5.91 Å². The summed E-state index contributed by atoms with van der Waals surface area (Å²) in [4.78, 5) is 14.4. The minimum Gasteiger partial charge on any atom is -0.471 e. The lowest BCUT2D eigenvalue weighted by Crippen LogP contribution is -2.41. The van der Waals surface area contributed by atoms with Crippen molar-refractivity contribution in [2.75, 3.05) is 39.4 Å². The van der Waals surface area contributed by atoms with E-state index in [1.54, 1.807) is 16.9 Å². The van der Waals surface area contributed by atoms with E-state index in [9.17, 15) is 4.79 Å². The summed E-state index contributed by atoms with van der Waals surface area (Å²) in [5.41, 5.74) is 1.46. The van der Waals surface area contributed by atoms with Crippen LogP contribution in [0.15, 0.2) is 36.5 Å².